The number of nitrogens with zero attached hydrogens (tertiary/aromatic N) is 4. The van der Waals surface area contributed by atoms with E-state index in [1.165, 1.54) is 11.1 Å². The van der Waals surface area contributed by atoms with Crippen LogP contribution in [0.15, 0.2) is 248 Å². The summed E-state index contributed by atoms with van der Waals surface area (Å²) < 4.78 is 0. The van der Waals surface area contributed by atoms with E-state index in [4.69, 9.17) is 25.7 Å². The van der Waals surface area contributed by atoms with Gasteiger partial charge in [-0.25, -0.2) is 19.9 Å². The maximum Gasteiger partial charge on any atom is 0.164 e. The first-order chi connectivity index (χ1) is 33.0. The lowest BCUT2D eigenvalue weighted by atomic mass is 9.93. The molecule has 0 aliphatic carbocycles. The zero-order valence-corrected chi connectivity index (χ0v) is 37.1. The summed E-state index contributed by atoms with van der Waals surface area (Å²) in [6.45, 7) is 2.17. The van der Waals surface area contributed by atoms with Crippen LogP contribution in [0.1, 0.15) is 35.8 Å². The molecule has 0 aliphatic heterocycles. The average Bonchev–Trinajstić information content (AvgIpc) is 3.41. The summed E-state index contributed by atoms with van der Waals surface area (Å²) >= 11 is 0. The summed E-state index contributed by atoms with van der Waals surface area (Å²) in [7, 11) is 0. The molecule has 0 saturated carbocycles. The molecule has 0 amide bonds. The molecule has 10 rings (SSSR count). The highest BCUT2D eigenvalue weighted by Gasteiger charge is 2.18. The van der Waals surface area contributed by atoms with Crippen LogP contribution < -0.4 is 11.1 Å². The molecule has 9 aromatic carbocycles. The molecule has 10 aromatic rings. The van der Waals surface area contributed by atoms with Gasteiger partial charge in [-0.2, -0.15) is 0 Å². The molecule has 2 unspecified atom stereocenters. The van der Waals surface area contributed by atoms with Crippen molar-refractivity contribution in [2.75, 3.05) is 0 Å². The topological polar surface area (TPSA) is 89.1 Å². The van der Waals surface area contributed by atoms with Gasteiger partial charge in [0.1, 0.15) is 12.0 Å². The first-order valence-electron chi connectivity index (χ1n) is 22.6. The second-order valence-electron chi connectivity index (χ2n) is 16.5. The van der Waals surface area contributed by atoms with Crippen LogP contribution in [0, 0.1) is 0 Å². The lowest BCUT2D eigenvalue weighted by Gasteiger charge is -2.23. The first-order valence-corrected chi connectivity index (χ1v) is 22.6. The third-order valence-corrected chi connectivity index (χ3v) is 12.1. The maximum absolute atomic E-state index is 6.84. The van der Waals surface area contributed by atoms with Crippen molar-refractivity contribution < 1.29 is 0 Å². The van der Waals surface area contributed by atoms with Crippen LogP contribution in [0.2, 0.25) is 0 Å². The third kappa shape index (κ3) is 9.76. The van der Waals surface area contributed by atoms with E-state index in [-0.39, 0.29) is 6.04 Å². The van der Waals surface area contributed by atoms with Crippen LogP contribution in [0.4, 0.5) is 0 Å². The minimum absolute atomic E-state index is 0.0254. The number of aromatic nitrogens is 3. The SMILES string of the molecule is CC(NC(N=C(N)c1ccc(-c2ccccc2)cc1)c1ccc(-c2ccccc2-c2ccc(-c3nc(-c4ccccc4)nc(-c4ccccc4)n3)cc2)cc1)c1ccc(-c2ccccc2)cc1. The summed E-state index contributed by atoms with van der Waals surface area (Å²) in [4.78, 5) is 19.9. The van der Waals surface area contributed by atoms with E-state index in [9.17, 15) is 0 Å². The number of rotatable bonds is 13. The molecular formula is C61H48N6. The summed E-state index contributed by atoms with van der Waals surface area (Å²) in [5.74, 6) is 2.36. The molecule has 0 radical (unpaired) electrons. The van der Waals surface area contributed by atoms with Crippen LogP contribution in [0.3, 0.4) is 0 Å². The van der Waals surface area contributed by atoms with Crippen LogP contribution in [-0.4, -0.2) is 20.8 Å². The fraction of sp³-hybridized carbons (Fsp3) is 0.0492. The third-order valence-electron chi connectivity index (χ3n) is 12.1. The number of nitrogens with two attached hydrogens (primary N) is 1. The zero-order chi connectivity index (χ0) is 45.4. The van der Waals surface area contributed by atoms with Gasteiger partial charge in [-0.15, -0.1) is 0 Å². The quantitative estimate of drug-likeness (QED) is 0.0890. The molecule has 0 aliphatic rings. The lowest BCUT2D eigenvalue weighted by Crippen LogP contribution is -2.26. The monoisotopic (exact) mass is 864 g/mol. The van der Waals surface area contributed by atoms with Crippen LogP contribution >= 0.6 is 0 Å². The van der Waals surface area contributed by atoms with Gasteiger partial charge in [-0.05, 0) is 62.6 Å². The van der Waals surface area contributed by atoms with Crippen LogP contribution in [0.5, 0.6) is 0 Å². The second kappa shape index (κ2) is 19.7. The van der Waals surface area contributed by atoms with Crippen molar-refractivity contribution in [3.05, 3.63) is 259 Å². The van der Waals surface area contributed by atoms with Gasteiger partial charge in [0, 0.05) is 28.3 Å². The van der Waals surface area contributed by atoms with Crippen molar-refractivity contribution in [2.45, 2.75) is 19.1 Å². The molecule has 6 nitrogen and oxygen atoms in total. The van der Waals surface area contributed by atoms with Crippen molar-refractivity contribution in [1.29, 1.82) is 0 Å². The molecule has 0 spiro atoms. The number of amidine groups is 1. The summed E-state index contributed by atoms with van der Waals surface area (Å²) in [6, 6.07) is 83.6. The normalized spacial score (nSPS) is 12.3. The molecule has 2 atom stereocenters. The van der Waals surface area contributed by atoms with Gasteiger partial charge in [0.2, 0.25) is 0 Å². The zero-order valence-electron chi connectivity index (χ0n) is 37.1. The largest absolute Gasteiger partial charge is 0.383 e. The van der Waals surface area contributed by atoms with E-state index in [1.807, 2.05) is 84.9 Å². The van der Waals surface area contributed by atoms with E-state index in [0.717, 1.165) is 66.8 Å². The Kier molecular flexibility index (Phi) is 12.4. The molecule has 67 heavy (non-hydrogen) atoms. The van der Waals surface area contributed by atoms with Gasteiger partial charge >= 0.3 is 0 Å². The molecule has 6 heteroatoms. The fourth-order valence-electron chi connectivity index (χ4n) is 8.38. The number of benzene rings is 9. The summed E-state index contributed by atoms with van der Waals surface area (Å²) in [5.41, 5.74) is 21.7. The molecule has 0 fully saturated rings. The Balaban J connectivity index is 0.939. The Bertz CT molecular complexity index is 3170. The van der Waals surface area contributed by atoms with Gasteiger partial charge < -0.3 is 5.73 Å². The van der Waals surface area contributed by atoms with E-state index in [1.54, 1.807) is 0 Å². The van der Waals surface area contributed by atoms with Gasteiger partial charge in [0.15, 0.2) is 17.5 Å². The highest BCUT2D eigenvalue weighted by molar-refractivity contribution is 5.98. The van der Waals surface area contributed by atoms with Gasteiger partial charge in [0.25, 0.3) is 0 Å². The Labute approximate surface area is 392 Å². The van der Waals surface area contributed by atoms with E-state index in [2.05, 4.69) is 170 Å². The molecule has 0 bridgehead atoms. The fourth-order valence-corrected chi connectivity index (χ4v) is 8.38. The molecule has 322 valence electrons. The Hall–Kier alpha value is -8.58. The minimum atomic E-state index is -0.422. The Morgan fingerprint density at radius 2 is 0.672 bits per heavy atom. The standard InChI is InChI=1S/C61H48N6/c1-42(43-26-28-46(29-27-43)44-16-6-2-7-17-44)63-58(64-57(62)50-36-30-47(31-37-50)45-18-8-3-9-19-45)53-38-32-48(33-39-53)55-24-14-15-25-56(55)49-34-40-54(41-35-49)61-66-59(51-20-10-4-11-21-51)65-60(67-61)52-22-12-5-13-23-52/h2-42,58,63H,1H3,(H2,62,64). The number of aliphatic imine (C=N–C) groups is 1. The maximum atomic E-state index is 6.84. The molecule has 0 saturated heterocycles. The lowest BCUT2D eigenvalue weighted by molar-refractivity contribution is 0.481. The second-order valence-corrected chi connectivity index (χ2v) is 16.5. The molecular weight excluding hydrogens is 817 g/mol. The molecule has 3 N–H and O–H groups in total. The van der Waals surface area contributed by atoms with E-state index in [0.29, 0.717) is 23.3 Å². The van der Waals surface area contributed by atoms with Gasteiger partial charge in [-0.3, -0.25) is 5.32 Å². The molecule has 1 aromatic heterocycles. The Morgan fingerprint density at radius 1 is 0.358 bits per heavy atom. The van der Waals surface area contributed by atoms with Crippen molar-refractivity contribution >= 4 is 5.84 Å². The average molecular weight is 865 g/mol. The predicted molar refractivity (Wildman–Crippen MR) is 276 cm³/mol. The van der Waals surface area contributed by atoms with Crippen molar-refractivity contribution in [3.63, 3.8) is 0 Å². The highest BCUT2D eigenvalue weighted by atomic mass is 15.1. The summed E-state index contributed by atoms with van der Waals surface area (Å²) in [5, 5.41) is 3.81. The first kappa shape index (κ1) is 42.4. The number of hydrogen-bond acceptors (Lipinski definition) is 5. The van der Waals surface area contributed by atoms with Crippen molar-refractivity contribution in [3.8, 4) is 78.7 Å². The van der Waals surface area contributed by atoms with Crippen LogP contribution in [0.25, 0.3) is 78.7 Å². The highest BCUT2D eigenvalue weighted by Crippen LogP contribution is 2.35. The van der Waals surface area contributed by atoms with Gasteiger partial charge in [0.05, 0.1) is 0 Å². The Morgan fingerprint density at radius 3 is 1.12 bits per heavy atom. The predicted octanol–water partition coefficient (Wildman–Crippen LogP) is 14.3. The number of hydrogen-bond donors (Lipinski definition) is 2. The molecule has 1 heterocycles. The van der Waals surface area contributed by atoms with Crippen molar-refractivity contribution in [1.82, 2.24) is 20.3 Å². The smallest absolute Gasteiger partial charge is 0.164 e. The summed E-state index contributed by atoms with van der Waals surface area (Å²) in [6.07, 6.45) is -0.422. The van der Waals surface area contributed by atoms with E-state index < -0.39 is 6.17 Å². The number of nitrogens with one attached hydrogen (secondary N) is 1. The van der Waals surface area contributed by atoms with Crippen molar-refractivity contribution in [2.24, 2.45) is 10.7 Å². The van der Waals surface area contributed by atoms with Crippen LogP contribution in [-0.2, 0) is 0 Å². The minimum Gasteiger partial charge on any atom is -0.383 e. The van der Waals surface area contributed by atoms with Gasteiger partial charge in [-0.1, -0.05) is 243 Å². The van der Waals surface area contributed by atoms with E-state index >= 15 is 0 Å².